The van der Waals surface area contributed by atoms with Crippen LogP contribution in [0.15, 0.2) is 40.1 Å². The van der Waals surface area contributed by atoms with Crippen LogP contribution in [-0.2, 0) is 16.4 Å². The normalized spacial score (nSPS) is 13.8. The van der Waals surface area contributed by atoms with E-state index in [4.69, 9.17) is 0 Å². The quantitative estimate of drug-likeness (QED) is 0.848. The molecule has 1 N–H and O–H groups in total. The lowest BCUT2D eigenvalue weighted by molar-refractivity contribution is 0.0994. The van der Waals surface area contributed by atoms with E-state index in [1.54, 1.807) is 12.1 Å². The van der Waals surface area contributed by atoms with Gasteiger partial charge in [0.05, 0.1) is 11.4 Å². The molecule has 0 aromatic heterocycles. The van der Waals surface area contributed by atoms with Crippen molar-refractivity contribution in [2.75, 3.05) is 10.5 Å². The Morgan fingerprint density at radius 3 is 2.56 bits per heavy atom. The fourth-order valence-electron chi connectivity index (χ4n) is 2.55. The van der Waals surface area contributed by atoms with E-state index in [1.165, 1.54) is 13.0 Å². The predicted molar refractivity (Wildman–Crippen MR) is 92.7 cm³/mol. The van der Waals surface area contributed by atoms with E-state index in [9.17, 15) is 22.0 Å². The van der Waals surface area contributed by atoms with E-state index in [0.717, 1.165) is 29.5 Å². The summed E-state index contributed by atoms with van der Waals surface area (Å²) in [5.74, 6) is -1.58. The molecule has 0 saturated carbocycles. The first-order chi connectivity index (χ1) is 11.8. The number of ketones is 1. The Morgan fingerprint density at radius 1 is 1.12 bits per heavy atom. The van der Waals surface area contributed by atoms with Crippen LogP contribution < -0.4 is 4.72 Å². The van der Waals surface area contributed by atoms with Crippen molar-refractivity contribution in [2.45, 2.75) is 29.6 Å². The van der Waals surface area contributed by atoms with Crippen LogP contribution in [0.1, 0.15) is 29.3 Å². The highest BCUT2D eigenvalue weighted by molar-refractivity contribution is 7.99. The molecule has 0 bridgehead atoms. The minimum absolute atomic E-state index is 0.0265. The zero-order valence-electron chi connectivity index (χ0n) is 13.3. The summed E-state index contributed by atoms with van der Waals surface area (Å²) in [6, 6.07) is 6.36. The molecule has 2 aromatic rings. The van der Waals surface area contributed by atoms with Crippen molar-refractivity contribution in [3.8, 4) is 0 Å². The number of fused-ring (bicyclic) bond motifs is 1. The van der Waals surface area contributed by atoms with E-state index in [-0.39, 0.29) is 16.4 Å². The number of Topliss-reactive ketones (excluding diaryl/α,β-unsaturated/α-hetero) is 1. The van der Waals surface area contributed by atoms with E-state index in [1.807, 2.05) is 0 Å². The molecule has 25 heavy (non-hydrogen) atoms. The summed E-state index contributed by atoms with van der Waals surface area (Å²) >= 11 is 0.948. The molecule has 0 aliphatic heterocycles. The molecule has 2 aromatic carbocycles. The number of carbonyl (C=O) groups is 1. The second-order valence-electron chi connectivity index (χ2n) is 5.61. The number of halogens is 2. The Labute approximate surface area is 148 Å². The first-order valence-electron chi connectivity index (χ1n) is 7.62. The van der Waals surface area contributed by atoms with Crippen molar-refractivity contribution < 1.29 is 22.0 Å². The third-order valence-electron chi connectivity index (χ3n) is 3.89. The highest BCUT2D eigenvalue weighted by Crippen LogP contribution is 2.39. The van der Waals surface area contributed by atoms with Crippen LogP contribution in [0.2, 0.25) is 0 Å². The Bertz CT molecular complexity index is 959. The highest BCUT2D eigenvalue weighted by atomic mass is 32.2. The molecule has 1 aliphatic carbocycles. The smallest absolute Gasteiger partial charge is 0.232 e. The van der Waals surface area contributed by atoms with Crippen molar-refractivity contribution in [1.82, 2.24) is 0 Å². The number of aryl methyl sites for hydroxylation is 1. The van der Waals surface area contributed by atoms with Gasteiger partial charge in [0.1, 0.15) is 11.6 Å². The number of sulfonamides is 1. The highest BCUT2D eigenvalue weighted by Gasteiger charge is 2.24. The molecule has 0 spiro atoms. The van der Waals surface area contributed by atoms with E-state index >= 15 is 0 Å². The number of carbonyl (C=O) groups excluding carboxylic acids is 1. The number of hydrogen-bond acceptors (Lipinski definition) is 4. The van der Waals surface area contributed by atoms with Gasteiger partial charge in [-0.2, -0.15) is 0 Å². The molecule has 0 fully saturated rings. The third kappa shape index (κ3) is 3.85. The van der Waals surface area contributed by atoms with Crippen molar-refractivity contribution in [1.29, 1.82) is 0 Å². The average molecular weight is 383 g/mol. The van der Waals surface area contributed by atoms with Gasteiger partial charge in [-0.1, -0.05) is 11.8 Å². The van der Waals surface area contributed by atoms with Crippen LogP contribution in [-0.4, -0.2) is 20.0 Å². The second kappa shape index (κ2) is 6.76. The monoisotopic (exact) mass is 383 g/mol. The summed E-state index contributed by atoms with van der Waals surface area (Å²) in [6.45, 7) is 1.51. The fourth-order valence-corrected chi connectivity index (χ4v) is 4.19. The van der Waals surface area contributed by atoms with Gasteiger partial charge in [-0.25, -0.2) is 17.2 Å². The molecule has 0 heterocycles. The van der Waals surface area contributed by atoms with E-state index in [2.05, 4.69) is 4.72 Å². The minimum Gasteiger partial charge on any atom is -0.294 e. The molecule has 0 radical (unpaired) electrons. The van der Waals surface area contributed by atoms with Gasteiger partial charge in [-0.15, -0.1) is 0 Å². The maximum absolute atomic E-state index is 14.0. The lowest BCUT2D eigenvalue weighted by Crippen LogP contribution is -2.15. The van der Waals surface area contributed by atoms with Gasteiger partial charge in [0, 0.05) is 27.8 Å². The molecule has 0 unspecified atom stereocenters. The van der Waals surface area contributed by atoms with Crippen LogP contribution in [0.3, 0.4) is 0 Å². The van der Waals surface area contributed by atoms with Crippen LogP contribution >= 0.6 is 11.8 Å². The van der Waals surface area contributed by atoms with Gasteiger partial charge in [-0.3, -0.25) is 9.52 Å². The lowest BCUT2D eigenvalue weighted by Gasteiger charge is -2.14. The fraction of sp³-hybridized carbons (Fsp3) is 0.235. The van der Waals surface area contributed by atoms with E-state index in [0.29, 0.717) is 29.0 Å². The first kappa shape index (κ1) is 17.9. The Hall–Kier alpha value is -1.93. The maximum atomic E-state index is 14.0. The summed E-state index contributed by atoms with van der Waals surface area (Å²) in [5.41, 5.74) is 1.58. The third-order valence-corrected chi connectivity index (χ3v) is 6.29. The van der Waals surface area contributed by atoms with Crippen molar-refractivity contribution in [2.24, 2.45) is 0 Å². The zero-order chi connectivity index (χ0) is 18.2. The van der Waals surface area contributed by atoms with Crippen LogP contribution in [0.5, 0.6) is 0 Å². The van der Waals surface area contributed by atoms with Gasteiger partial charge in [0.2, 0.25) is 10.0 Å². The Morgan fingerprint density at radius 2 is 1.88 bits per heavy atom. The van der Waals surface area contributed by atoms with Gasteiger partial charge in [0.25, 0.3) is 0 Å². The molecule has 1 aliphatic rings. The van der Waals surface area contributed by atoms with Crippen molar-refractivity contribution in [3.05, 3.63) is 53.1 Å². The molecule has 132 valence electrons. The number of hydrogen-bond donors (Lipinski definition) is 1. The summed E-state index contributed by atoms with van der Waals surface area (Å²) in [5, 5.41) is 0. The van der Waals surface area contributed by atoms with Crippen LogP contribution in [0, 0.1) is 11.6 Å². The SMILES string of the molecule is CCS(=O)(=O)Nc1cc2c(cc1Sc1ccc(F)cc1F)C(=O)CC2. The number of nitrogens with one attached hydrogen (secondary N) is 1. The van der Waals surface area contributed by atoms with Crippen molar-refractivity contribution >= 4 is 33.3 Å². The number of anilines is 1. The molecular weight excluding hydrogens is 368 g/mol. The summed E-state index contributed by atoms with van der Waals surface area (Å²) in [7, 11) is -3.54. The number of benzene rings is 2. The van der Waals surface area contributed by atoms with E-state index < -0.39 is 21.7 Å². The molecule has 0 saturated heterocycles. The zero-order valence-corrected chi connectivity index (χ0v) is 14.9. The van der Waals surface area contributed by atoms with Gasteiger partial charge in [0.15, 0.2) is 5.78 Å². The molecule has 0 atom stereocenters. The molecule has 3 rings (SSSR count). The average Bonchev–Trinajstić information content (AvgIpc) is 2.90. The molecular formula is C17H15F2NO3S2. The molecule has 8 heteroatoms. The van der Waals surface area contributed by atoms with Crippen LogP contribution in [0.4, 0.5) is 14.5 Å². The minimum atomic E-state index is -3.54. The second-order valence-corrected chi connectivity index (χ2v) is 8.71. The summed E-state index contributed by atoms with van der Waals surface area (Å²) in [6.07, 6.45) is 0.916. The largest absolute Gasteiger partial charge is 0.294 e. The lowest BCUT2D eigenvalue weighted by atomic mass is 10.1. The predicted octanol–water partition coefficient (Wildman–Crippen LogP) is 4.01. The van der Waals surface area contributed by atoms with Gasteiger partial charge < -0.3 is 0 Å². The Kier molecular flexibility index (Phi) is 4.83. The van der Waals surface area contributed by atoms with Gasteiger partial charge in [-0.05, 0) is 43.2 Å². The van der Waals surface area contributed by atoms with Crippen molar-refractivity contribution in [3.63, 3.8) is 0 Å². The molecule has 0 amide bonds. The standard InChI is InChI=1S/C17H15F2NO3S2/c1-2-25(22,23)20-14-7-10-3-5-15(21)12(10)9-17(14)24-16-6-4-11(18)8-13(16)19/h4,6-9,20H,2-3,5H2,1H3. The number of rotatable bonds is 5. The Balaban J connectivity index is 2.06. The summed E-state index contributed by atoms with van der Waals surface area (Å²) < 4.78 is 53.4. The van der Waals surface area contributed by atoms with Crippen LogP contribution in [0.25, 0.3) is 0 Å². The summed E-state index contributed by atoms with van der Waals surface area (Å²) in [4.78, 5) is 12.5. The first-order valence-corrected chi connectivity index (χ1v) is 10.1. The maximum Gasteiger partial charge on any atom is 0.232 e. The van der Waals surface area contributed by atoms with Gasteiger partial charge >= 0.3 is 0 Å². The topological polar surface area (TPSA) is 63.2 Å². The molecule has 4 nitrogen and oxygen atoms in total.